The van der Waals surface area contributed by atoms with E-state index in [0.717, 1.165) is 12.1 Å². The Morgan fingerprint density at radius 1 is 1.14 bits per heavy atom. The van der Waals surface area contributed by atoms with E-state index in [1.165, 1.54) is 12.1 Å². The summed E-state index contributed by atoms with van der Waals surface area (Å²) in [5, 5.41) is 2.57. The number of aromatic nitrogens is 1. The fraction of sp³-hybridized carbons (Fsp3) is 0.368. The highest BCUT2D eigenvalue weighted by Gasteiger charge is 2.31. The van der Waals surface area contributed by atoms with E-state index in [2.05, 4.69) is 10.3 Å². The molecule has 0 aliphatic carbocycles. The van der Waals surface area contributed by atoms with Crippen LogP contribution in [0.2, 0.25) is 0 Å². The van der Waals surface area contributed by atoms with Crippen LogP contribution in [0.15, 0.2) is 30.5 Å². The van der Waals surface area contributed by atoms with E-state index in [-0.39, 0.29) is 23.9 Å². The van der Waals surface area contributed by atoms with Gasteiger partial charge in [-0.15, -0.1) is 0 Å². The minimum absolute atomic E-state index is 0.0575. The topological polar surface area (TPSA) is 78.9 Å². The molecule has 2 heterocycles. The van der Waals surface area contributed by atoms with Gasteiger partial charge in [-0.05, 0) is 26.8 Å². The van der Waals surface area contributed by atoms with E-state index >= 15 is 0 Å². The summed E-state index contributed by atoms with van der Waals surface area (Å²) in [4.78, 5) is 15.8. The molecule has 156 valence electrons. The first-order valence-electron chi connectivity index (χ1n) is 8.66. The molecule has 0 saturated heterocycles. The number of benzene rings is 1. The quantitative estimate of drug-likeness (QED) is 0.764. The van der Waals surface area contributed by atoms with Gasteiger partial charge < -0.3 is 18.9 Å². The van der Waals surface area contributed by atoms with Crippen molar-refractivity contribution in [1.29, 1.82) is 0 Å². The molecule has 0 radical (unpaired) electrons. The van der Waals surface area contributed by atoms with Gasteiger partial charge in [-0.3, -0.25) is 5.32 Å². The molecular weight excluding hydrogens is 393 g/mol. The molecule has 1 aromatic heterocycles. The fourth-order valence-corrected chi connectivity index (χ4v) is 2.42. The van der Waals surface area contributed by atoms with Crippen LogP contribution in [0.1, 0.15) is 26.3 Å². The average Bonchev–Trinajstić information content (AvgIpc) is 2.60. The molecule has 0 fully saturated rings. The van der Waals surface area contributed by atoms with Crippen LogP contribution in [0.25, 0.3) is 0 Å². The maximum Gasteiger partial charge on any atom is 0.417 e. The van der Waals surface area contributed by atoms with Gasteiger partial charge in [-0.25, -0.2) is 9.78 Å². The van der Waals surface area contributed by atoms with Crippen molar-refractivity contribution < 1.29 is 36.9 Å². The van der Waals surface area contributed by atoms with Crippen molar-refractivity contribution in [3.8, 4) is 23.1 Å². The number of fused-ring (bicyclic) bond motifs is 1. The maximum absolute atomic E-state index is 12.7. The van der Waals surface area contributed by atoms with Crippen LogP contribution in [0, 0.1) is 0 Å². The van der Waals surface area contributed by atoms with Crippen LogP contribution in [0.3, 0.4) is 0 Å². The number of hydrogen-bond donors (Lipinski definition) is 1. The first kappa shape index (κ1) is 20.6. The number of halogens is 3. The fourth-order valence-electron chi connectivity index (χ4n) is 2.42. The van der Waals surface area contributed by atoms with Crippen molar-refractivity contribution in [1.82, 2.24) is 4.98 Å². The molecule has 1 amide bonds. The number of ether oxygens (including phenoxy) is 4. The Labute approximate surface area is 164 Å². The third kappa shape index (κ3) is 5.43. The van der Waals surface area contributed by atoms with E-state index in [1.54, 1.807) is 20.8 Å². The van der Waals surface area contributed by atoms with Crippen molar-refractivity contribution in [3.05, 3.63) is 36.0 Å². The van der Waals surface area contributed by atoms with Gasteiger partial charge in [-0.2, -0.15) is 13.2 Å². The number of carbonyl (C=O) groups is 1. The van der Waals surface area contributed by atoms with Gasteiger partial charge in [0.15, 0.2) is 11.5 Å². The normalized spacial score (nSPS) is 13.6. The highest BCUT2D eigenvalue weighted by atomic mass is 19.4. The van der Waals surface area contributed by atoms with Crippen molar-refractivity contribution in [3.63, 3.8) is 0 Å². The van der Waals surface area contributed by atoms with Gasteiger partial charge in [0.25, 0.3) is 0 Å². The van der Waals surface area contributed by atoms with Crippen LogP contribution >= 0.6 is 0 Å². The molecule has 1 N–H and O–H groups in total. The smallest absolute Gasteiger partial charge is 0.417 e. The minimum Gasteiger partial charge on any atom is -0.486 e. The van der Waals surface area contributed by atoms with Gasteiger partial charge in [0.05, 0.1) is 11.3 Å². The lowest BCUT2D eigenvalue weighted by atomic mass is 10.2. The molecule has 29 heavy (non-hydrogen) atoms. The second-order valence-electron chi connectivity index (χ2n) is 7.11. The Hall–Kier alpha value is -3.17. The van der Waals surface area contributed by atoms with E-state index in [4.69, 9.17) is 18.9 Å². The molecule has 7 nitrogen and oxygen atoms in total. The Kier molecular flexibility index (Phi) is 5.45. The molecule has 0 saturated carbocycles. The summed E-state index contributed by atoms with van der Waals surface area (Å²) in [5.41, 5.74) is -1.36. The molecular formula is C19H19F3N2O5. The lowest BCUT2D eigenvalue weighted by molar-refractivity contribution is -0.137. The van der Waals surface area contributed by atoms with Crippen molar-refractivity contribution in [2.45, 2.75) is 32.5 Å². The predicted molar refractivity (Wildman–Crippen MR) is 96.6 cm³/mol. The summed E-state index contributed by atoms with van der Waals surface area (Å²) in [6.07, 6.45) is -4.53. The molecule has 1 aromatic carbocycles. The number of alkyl halides is 3. The Morgan fingerprint density at radius 2 is 1.86 bits per heavy atom. The summed E-state index contributed by atoms with van der Waals surface area (Å²) in [5.74, 6) is 0.743. The monoisotopic (exact) mass is 412 g/mol. The zero-order valence-electron chi connectivity index (χ0n) is 15.9. The number of rotatable bonds is 3. The largest absolute Gasteiger partial charge is 0.486 e. The van der Waals surface area contributed by atoms with E-state index in [0.29, 0.717) is 24.3 Å². The molecule has 0 atom stereocenters. The minimum atomic E-state index is -4.49. The number of pyridine rings is 1. The highest BCUT2D eigenvalue weighted by Crippen LogP contribution is 2.42. The van der Waals surface area contributed by atoms with Crippen LogP contribution in [0.4, 0.5) is 23.7 Å². The molecule has 3 rings (SSSR count). The standard InChI is InChI=1S/C19H19F3N2O5/c1-18(2,3)29-17(25)24-13-8-12(9-14-16(13)27-7-6-26-14)28-15-5-4-11(10-23-15)19(20,21)22/h4-5,8-10H,6-7H2,1-3H3,(H,24,25). The van der Waals surface area contributed by atoms with Gasteiger partial charge in [0.2, 0.25) is 5.88 Å². The Bertz CT molecular complexity index is 892. The molecule has 0 unspecified atom stereocenters. The molecule has 1 aliphatic rings. The molecule has 2 aromatic rings. The summed E-state index contributed by atoms with van der Waals surface area (Å²) >= 11 is 0. The first-order chi connectivity index (χ1) is 13.5. The third-order valence-corrected chi connectivity index (χ3v) is 3.54. The van der Waals surface area contributed by atoms with Crippen LogP contribution in [0.5, 0.6) is 23.1 Å². The SMILES string of the molecule is CC(C)(C)OC(=O)Nc1cc(Oc2ccc(C(F)(F)F)cn2)cc2c1OCCO2. The van der Waals surface area contributed by atoms with E-state index in [9.17, 15) is 18.0 Å². The van der Waals surface area contributed by atoms with Crippen molar-refractivity contribution in [2.24, 2.45) is 0 Å². The van der Waals surface area contributed by atoms with Crippen molar-refractivity contribution >= 4 is 11.8 Å². The van der Waals surface area contributed by atoms with Gasteiger partial charge >= 0.3 is 12.3 Å². The van der Waals surface area contributed by atoms with Crippen LogP contribution in [-0.2, 0) is 10.9 Å². The maximum atomic E-state index is 12.7. The number of nitrogens with one attached hydrogen (secondary N) is 1. The molecule has 0 spiro atoms. The van der Waals surface area contributed by atoms with E-state index < -0.39 is 23.4 Å². The summed E-state index contributed by atoms with van der Waals surface area (Å²) in [7, 11) is 0. The molecule has 1 aliphatic heterocycles. The zero-order valence-corrected chi connectivity index (χ0v) is 15.9. The van der Waals surface area contributed by atoms with Gasteiger partial charge in [-0.1, -0.05) is 0 Å². The van der Waals surface area contributed by atoms with Crippen LogP contribution in [-0.4, -0.2) is 29.9 Å². The first-order valence-corrected chi connectivity index (χ1v) is 8.66. The second kappa shape index (κ2) is 7.69. The van der Waals surface area contributed by atoms with E-state index in [1.807, 2.05) is 0 Å². The lowest BCUT2D eigenvalue weighted by Crippen LogP contribution is -2.27. The second-order valence-corrected chi connectivity index (χ2v) is 7.11. The van der Waals surface area contributed by atoms with Gasteiger partial charge in [0.1, 0.15) is 24.6 Å². The summed E-state index contributed by atoms with van der Waals surface area (Å²) in [6.45, 7) is 5.74. The lowest BCUT2D eigenvalue weighted by Gasteiger charge is -2.24. The summed E-state index contributed by atoms with van der Waals surface area (Å²) in [6, 6.07) is 4.89. The predicted octanol–water partition coefficient (Wildman–Crippen LogP) is 5.01. The Morgan fingerprint density at radius 3 is 2.48 bits per heavy atom. The zero-order chi connectivity index (χ0) is 21.2. The number of carbonyl (C=O) groups excluding carboxylic acids is 1. The number of amides is 1. The number of hydrogen-bond acceptors (Lipinski definition) is 6. The number of anilines is 1. The third-order valence-electron chi connectivity index (χ3n) is 3.54. The van der Waals surface area contributed by atoms with Crippen LogP contribution < -0.4 is 19.5 Å². The summed E-state index contributed by atoms with van der Waals surface area (Å²) < 4.78 is 59.8. The molecule has 10 heteroatoms. The molecule has 0 bridgehead atoms. The van der Waals surface area contributed by atoms with Gasteiger partial charge in [0, 0.05) is 24.4 Å². The highest BCUT2D eigenvalue weighted by molar-refractivity contribution is 5.88. The van der Waals surface area contributed by atoms with Crippen molar-refractivity contribution in [2.75, 3.05) is 18.5 Å². The number of nitrogens with zero attached hydrogens (tertiary/aromatic N) is 1. The Balaban J connectivity index is 1.85. The average molecular weight is 412 g/mol.